The van der Waals surface area contributed by atoms with Crippen LogP contribution in [0.1, 0.15) is 20.7 Å². The molecule has 0 radical (unpaired) electrons. The van der Waals surface area contributed by atoms with Crippen LogP contribution in [0.25, 0.3) is 11.0 Å². The van der Waals surface area contributed by atoms with Crippen LogP contribution < -0.4 is 5.63 Å². The average Bonchev–Trinajstić information content (AvgIpc) is 2.72. The summed E-state index contributed by atoms with van der Waals surface area (Å²) in [6, 6.07) is 14.0. The van der Waals surface area contributed by atoms with Gasteiger partial charge in [-0.2, -0.15) is 0 Å². The van der Waals surface area contributed by atoms with Crippen molar-refractivity contribution in [1.82, 2.24) is 9.80 Å². The van der Waals surface area contributed by atoms with Crippen molar-refractivity contribution in [1.29, 1.82) is 0 Å². The number of carbonyl (C=O) groups is 2. The van der Waals surface area contributed by atoms with Gasteiger partial charge in [0.05, 0.1) is 0 Å². The first-order valence-electron chi connectivity index (χ1n) is 8.90. The van der Waals surface area contributed by atoms with Gasteiger partial charge in [-0.3, -0.25) is 9.59 Å². The van der Waals surface area contributed by atoms with Crippen molar-refractivity contribution in [3.63, 3.8) is 0 Å². The van der Waals surface area contributed by atoms with E-state index < -0.39 is 17.3 Å². The Morgan fingerprint density at radius 3 is 2.25 bits per heavy atom. The third-order valence-electron chi connectivity index (χ3n) is 4.80. The molecule has 0 bridgehead atoms. The maximum atomic E-state index is 13.3. The monoisotopic (exact) mass is 380 g/mol. The van der Waals surface area contributed by atoms with Crippen LogP contribution in [0.4, 0.5) is 4.39 Å². The average molecular weight is 380 g/mol. The summed E-state index contributed by atoms with van der Waals surface area (Å²) in [6.07, 6.45) is 0. The normalized spacial score (nSPS) is 14.3. The van der Waals surface area contributed by atoms with E-state index in [9.17, 15) is 18.8 Å². The van der Waals surface area contributed by atoms with E-state index in [1.165, 1.54) is 29.2 Å². The number of hydrogen-bond donors (Lipinski definition) is 0. The molecule has 0 aliphatic carbocycles. The molecule has 2 aromatic carbocycles. The van der Waals surface area contributed by atoms with Gasteiger partial charge < -0.3 is 14.2 Å². The van der Waals surface area contributed by atoms with Gasteiger partial charge in [-0.25, -0.2) is 9.18 Å². The van der Waals surface area contributed by atoms with Crippen LogP contribution in [-0.4, -0.2) is 47.8 Å². The summed E-state index contributed by atoms with van der Waals surface area (Å²) in [5.41, 5.74) is -0.00455. The number of halogens is 1. The van der Waals surface area contributed by atoms with E-state index in [1.54, 1.807) is 35.2 Å². The molecule has 1 saturated heterocycles. The van der Waals surface area contributed by atoms with Gasteiger partial charge in [-0.1, -0.05) is 24.3 Å². The van der Waals surface area contributed by atoms with E-state index in [4.69, 9.17) is 4.42 Å². The lowest BCUT2D eigenvalue weighted by Gasteiger charge is -2.34. The van der Waals surface area contributed by atoms with Gasteiger partial charge in [0.15, 0.2) is 0 Å². The Kier molecular flexibility index (Phi) is 4.65. The minimum absolute atomic E-state index is 0.0244. The summed E-state index contributed by atoms with van der Waals surface area (Å²) < 4.78 is 18.6. The molecule has 1 aliphatic rings. The minimum atomic E-state index is -0.679. The molecule has 3 aromatic rings. The molecule has 28 heavy (non-hydrogen) atoms. The predicted molar refractivity (Wildman–Crippen MR) is 101 cm³/mol. The molecule has 4 rings (SSSR count). The minimum Gasteiger partial charge on any atom is -0.422 e. The second kappa shape index (κ2) is 7.26. The van der Waals surface area contributed by atoms with Crippen molar-refractivity contribution in [3.05, 3.63) is 82.0 Å². The van der Waals surface area contributed by atoms with E-state index in [0.29, 0.717) is 24.1 Å². The first kappa shape index (κ1) is 17.9. The highest BCUT2D eigenvalue weighted by molar-refractivity contribution is 5.97. The van der Waals surface area contributed by atoms with E-state index in [2.05, 4.69) is 0 Å². The number of piperazine rings is 1. The molecular weight excluding hydrogens is 363 g/mol. The first-order valence-corrected chi connectivity index (χ1v) is 8.90. The van der Waals surface area contributed by atoms with Crippen LogP contribution in [0, 0.1) is 5.82 Å². The number of amides is 2. The first-order chi connectivity index (χ1) is 13.5. The van der Waals surface area contributed by atoms with E-state index in [0.717, 1.165) is 0 Å². The van der Waals surface area contributed by atoms with Crippen molar-refractivity contribution in [3.8, 4) is 0 Å². The summed E-state index contributed by atoms with van der Waals surface area (Å²) >= 11 is 0. The quantitative estimate of drug-likeness (QED) is 0.641. The Morgan fingerprint density at radius 2 is 1.54 bits per heavy atom. The standard InChI is InChI=1S/C21H17FN2O4/c22-16-6-3-5-15(12-16)19(25)23-8-10-24(11-9-23)20(26)17-13-14-4-1-2-7-18(14)28-21(17)27/h1-7,12-13H,8-11H2. The zero-order chi connectivity index (χ0) is 19.7. The zero-order valence-electron chi connectivity index (χ0n) is 14.9. The number of rotatable bonds is 2. The van der Waals surface area contributed by atoms with Crippen LogP contribution >= 0.6 is 0 Å². The van der Waals surface area contributed by atoms with Crippen molar-refractivity contribution in [2.24, 2.45) is 0 Å². The topological polar surface area (TPSA) is 70.8 Å². The van der Waals surface area contributed by atoms with Crippen molar-refractivity contribution in [2.75, 3.05) is 26.2 Å². The number of nitrogens with zero attached hydrogens (tertiary/aromatic N) is 2. The van der Waals surface area contributed by atoms with Crippen LogP contribution in [-0.2, 0) is 0 Å². The lowest BCUT2D eigenvalue weighted by Crippen LogP contribution is -2.51. The van der Waals surface area contributed by atoms with E-state index >= 15 is 0 Å². The molecular formula is C21H17FN2O4. The fourth-order valence-electron chi connectivity index (χ4n) is 3.30. The lowest BCUT2D eigenvalue weighted by atomic mass is 10.1. The van der Waals surface area contributed by atoms with Gasteiger partial charge in [0.1, 0.15) is 17.0 Å². The summed E-state index contributed by atoms with van der Waals surface area (Å²) in [4.78, 5) is 40.5. The maximum absolute atomic E-state index is 13.3. The molecule has 0 unspecified atom stereocenters. The SMILES string of the molecule is O=C(c1cccc(F)c1)N1CCN(C(=O)c2cc3ccccc3oc2=O)CC1. The van der Waals surface area contributed by atoms with Crippen molar-refractivity contribution >= 4 is 22.8 Å². The largest absolute Gasteiger partial charge is 0.422 e. The number of benzene rings is 2. The van der Waals surface area contributed by atoms with Crippen molar-refractivity contribution in [2.45, 2.75) is 0 Å². The number of carbonyl (C=O) groups excluding carboxylic acids is 2. The summed E-state index contributed by atoms with van der Waals surface area (Å²) in [6.45, 7) is 1.18. The highest BCUT2D eigenvalue weighted by Crippen LogP contribution is 2.15. The predicted octanol–water partition coefficient (Wildman–Crippen LogP) is 2.53. The summed E-state index contributed by atoms with van der Waals surface area (Å²) in [7, 11) is 0. The summed E-state index contributed by atoms with van der Waals surface area (Å²) in [5, 5.41) is 0.672. The molecule has 1 aromatic heterocycles. The van der Waals surface area contributed by atoms with Gasteiger partial charge in [0.25, 0.3) is 11.8 Å². The van der Waals surface area contributed by atoms with Gasteiger partial charge in [0.2, 0.25) is 0 Å². The fraction of sp³-hybridized carbons (Fsp3) is 0.190. The Hall–Kier alpha value is -3.48. The van der Waals surface area contributed by atoms with Gasteiger partial charge in [-0.15, -0.1) is 0 Å². The van der Waals surface area contributed by atoms with Gasteiger partial charge in [-0.05, 0) is 30.3 Å². The Morgan fingerprint density at radius 1 is 0.857 bits per heavy atom. The number of fused-ring (bicyclic) bond motifs is 1. The Balaban J connectivity index is 1.48. The van der Waals surface area contributed by atoms with Crippen LogP contribution in [0.3, 0.4) is 0 Å². The fourth-order valence-corrected chi connectivity index (χ4v) is 3.30. The van der Waals surface area contributed by atoms with Crippen LogP contribution in [0.2, 0.25) is 0 Å². The molecule has 2 heterocycles. The Bertz CT molecular complexity index is 1120. The molecule has 1 fully saturated rings. The third-order valence-corrected chi connectivity index (χ3v) is 4.80. The maximum Gasteiger partial charge on any atom is 0.349 e. The highest BCUT2D eigenvalue weighted by Gasteiger charge is 2.27. The Labute approximate surface area is 159 Å². The molecule has 2 amide bonds. The summed E-state index contributed by atoms with van der Waals surface area (Å²) in [5.74, 6) is -1.17. The van der Waals surface area contributed by atoms with Crippen molar-refractivity contribution < 1.29 is 18.4 Å². The number of hydrogen-bond acceptors (Lipinski definition) is 4. The second-order valence-electron chi connectivity index (χ2n) is 6.58. The third kappa shape index (κ3) is 3.38. The zero-order valence-corrected chi connectivity index (χ0v) is 14.9. The van der Waals surface area contributed by atoms with Crippen LogP contribution in [0.5, 0.6) is 0 Å². The van der Waals surface area contributed by atoms with E-state index in [1.807, 2.05) is 0 Å². The molecule has 0 saturated carbocycles. The molecule has 7 heteroatoms. The number of para-hydroxylation sites is 1. The van der Waals surface area contributed by atoms with E-state index in [-0.39, 0.29) is 30.1 Å². The smallest absolute Gasteiger partial charge is 0.349 e. The molecule has 1 aliphatic heterocycles. The molecule has 0 N–H and O–H groups in total. The molecule has 0 atom stereocenters. The molecule has 0 spiro atoms. The van der Waals surface area contributed by atoms with Gasteiger partial charge in [0, 0.05) is 37.1 Å². The lowest BCUT2D eigenvalue weighted by molar-refractivity contribution is 0.0533. The molecule has 6 nitrogen and oxygen atoms in total. The molecule has 142 valence electrons. The highest BCUT2D eigenvalue weighted by atomic mass is 19.1. The second-order valence-corrected chi connectivity index (χ2v) is 6.58. The van der Waals surface area contributed by atoms with Gasteiger partial charge >= 0.3 is 5.63 Å². The van der Waals surface area contributed by atoms with Crippen LogP contribution in [0.15, 0.2) is 63.8 Å².